The number of hydrogen-bond acceptors (Lipinski definition) is 10. The first kappa shape index (κ1) is 41.0. The Labute approximate surface area is 297 Å². The molecule has 0 unspecified atom stereocenters. The van der Waals surface area contributed by atoms with Gasteiger partial charge in [-0.3, -0.25) is 29.2 Å². The lowest BCUT2D eigenvalue weighted by molar-refractivity contribution is -0.138. The minimum absolute atomic E-state index is 0.00869. The SMILES string of the molecule is Cc1nc(NC(=O)c2ccc(CNC(=O)CCO)c(C(F)(F)F)c2)cc(NC(=O)c2cc(CNC(C)C)ccc2C(=O)NCCCCC(=O)NO)n1. The van der Waals surface area contributed by atoms with Crippen LogP contribution in [0.5, 0.6) is 0 Å². The molecule has 0 saturated heterocycles. The summed E-state index contributed by atoms with van der Waals surface area (Å²) in [7, 11) is 0. The van der Waals surface area contributed by atoms with Gasteiger partial charge in [-0.2, -0.15) is 13.2 Å². The second kappa shape index (κ2) is 19.2. The van der Waals surface area contributed by atoms with E-state index in [1.54, 1.807) is 12.1 Å². The second-order valence-electron chi connectivity index (χ2n) is 11.9. The van der Waals surface area contributed by atoms with E-state index < -0.39 is 54.4 Å². The van der Waals surface area contributed by atoms with Crippen LogP contribution in [0.4, 0.5) is 24.8 Å². The van der Waals surface area contributed by atoms with Crippen molar-refractivity contribution in [1.29, 1.82) is 0 Å². The second-order valence-corrected chi connectivity index (χ2v) is 11.9. The Hall–Kier alpha value is -5.46. The van der Waals surface area contributed by atoms with Crippen LogP contribution >= 0.6 is 0 Å². The Morgan fingerprint density at radius 1 is 0.788 bits per heavy atom. The van der Waals surface area contributed by atoms with Gasteiger partial charge in [-0.1, -0.05) is 26.0 Å². The Kier molecular flexibility index (Phi) is 15.2. The van der Waals surface area contributed by atoms with Gasteiger partial charge in [0.25, 0.3) is 17.7 Å². The highest BCUT2D eigenvalue weighted by atomic mass is 19.4. The van der Waals surface area contributed by atoms with Crippen LogP contribution in [-0.2, 0) is 28.9 Å². The van der Waals surface area contributed by atoms with E-state index in [1.807, 2.05) is 13.8 Å². The molecular weight excluding hydrogens is 689 g/mol. The highest BCUT2D eigenvalue weighted by Gasteiger charge is 2.34. The molecule has 0 bridgehead atoms. The normalized spacial score (nSPS) is 11.2. The van der Waals surface area contributed by atoms with E-state index in [1.165, 1.54) is 24.5 Å². The third-order valence-electron chi connectivity index (χ3n) is 7.34. The van der Waals surface area contributed by atoms with Crippen LogP contribution < -0.4 is 32.1 Å². The number of unbranched alkanes of at least 4 members (excludes halogenated alkanes) is 1. The average Bonchev–Trinajstić information content (AvgIpc) is 3.08. The number of amides is 5. The summed E-state index contributed by atoms with van der Waals surface area (Å²) in [4.78, 5) is 70.9. The van der Waals surface area contributed by atoms with Crippen molar-refractivity contribution in [2.75, 3.05) is 23.8 Å². The fourth-order valence-corrected chi connectivity index (χ4v) is 4.76. The zero-order valence-electron chi connectivity index (χ0n) is 28.7. The lowest BCUT2D eigenvalue weighted by Gasteiger charge is -2.16. The molecule has 0 aliphatic carbocycles. The van der Waals surface area contributed by atoms with Crippen molar-refractivity contribution in [3.63, 3.8) is 0 Å². The number of aromatic nitrogens is 2. The topological polar surface area (TPSA) is 224 Å². The van der Waals surface area contributed by atoms with Crippen LogP contribution in [-0.4, -0.2) is 69.0 Å². The molecule has 0 fully saturated rings. The molecule has 3 aromatic rings. The molecule has 8 N–H and O–H groups in total. The number of aliphatic hydroxyl groups excluding tert-OH is 1. The average molecular weight is 731 g/mol. The number of nitrogens with zero attached hydrogens (tertiary/aromatic N) is 2. The van der Waals surface area contributed by atoms with E-state index in [4.69, 9.17) is 10.3 Å². The minimum Gasteiger partial charge on any atom is -0.396 e. The molecule has 2 aromatic carbocycles. The van der Waals surface area contributed by atoms with Crippen molar-refractivity contribution < 1.29 is 47.5 Å². The number of alkyl halides is 3. The molecule has 280 valence electrons. The van der Waals surface area contributed by atoms with Crippen LogP contribution in [0, 0.1) is 6.92 Å². The van der Waals surface area contributed by atoms with E-state index in [0.29, 0.717) is 31.0 Å². The van der Waals surface area contributed by atoms with E-state index in [2.05, 4.69) is 36.6 Å². The third-order valence-corrected chi connectivity index (χ3v) is 7.34. The standard InChI is InChI=1S/C34H41F3N8O7/c1-19(2)39-17-21-7-10-24(32(50)38-12-5-4-6-30(48)45-52)25(14-21)33(51)44-28-16-27(41-20(3)42-28)43-31(49)22-8-9-23(18-40-29(47)11-13-46)26(15-22)34(35,36)37/h7-10,14-16,19,39,46,52H,4-6,11-13,17-18H2,1-3H3,(H,38,50)(H,40,47)(H,45,48)(H2,41,42,43,44,49,51). The van der Waals surface area contributed by atoms with Crippen LogP contribution in [0.15, 0.2) is 42.5 Å². The Morgan fingerprint density at radius 2 is 1.48 bits per heavy atom. The van der Waals surface area contributed by atoms with Gasteiger partial charge >= 0.3 is 6.18 Å². The summed E-state index contributed by atoms with van der Waals surface area (Å²) in [6.45, 7) is 5.00. The molecular formula is C34H41F3N8O7. The van der Waals surface area contributed by atoms with Gasteiger partial charge in [0.05, 0.1) is 23.3 Å². The van der Waals surface area contributed by atoms with E-state index >= 15 is 0 Å². The molecule has 0 aliphatic rings. The first-order chi connectivity index (χ1) is 24.6. The maximum Gasteiger partial charge on any atom is 0.416 e. The van der Waals surface area contributed by atoms with Crippen molar-refractivity contribution in [2.45, 2.75) is 71.8 Å². The number of aliphatic hydroxyl groups is 1. The first-order valence-corrected chi connectivity index (χ1v) is 16.2. The summed E-state index contributed by atoms with van der Waals surface area (Å²) in [5.41, 5.74) is 0.504. The molecule has 1 heterocycles. The number of rotatable bonds is 17. The van der Waals surface area contributed by atoms with E-state index in [-0.39, 0.29) is 65.1 Å². The number of hydroxylamine groups is 1. The zero-order chi connectivity index (χ0) is 38.4. The van der Waals surface area contributed by atoms with Crippen molar-refractivity contribution in [3.05, 3.63) is 81.7 Å². The summed E-state index contributed by atoms with van der Waals surface area (Å²) in [6.07, 6.45) is -4.25. The van der Waals surface area contributed by atoms with Gasteiger partial charge in [0.2, 0.25) is 11.8 Å². The number of carbonyl (C=O) groups is 5. The highest BCUT2D eigenvalue weighted by Crippen LogP contribution is 2.33. The minimum atomic E-state index is -4.85. The number of hydrogen-bond donors (Lipinski definition) is 8. The molecule has 0 radical (unpaired) electrons. The maximum atomic E-state index is 13.9. The summed E-state index contributed by atoms with van der Waals surface area (Å²) in [6, 6.07) is 8.91. The van der Waals surface area contributed by atoms with Crippen LogP contribution in [0.3, 0.4) is 0 Å². The Morgan fingerprint density at radius 3 is 2.12 bits per heavy atom. The van der Waals surface area contributed by atoms with Crippen molar-refractivity contribution >= 4 is 41.2 Å². The number of aryl methyl sites for hydroxylation is 1. The molecule has 15 nitrogen and oxygen atoms in total. The Balaban J connectivity index is 1.81. The number of anilines is 2. The summed E-state index contributed by atoms with van der Waals surface area (Å²) >= 11 is 0. The molecule has 5 amide bonds. The number of nitrogens with one attached hydrogen (secondary N) is 6. The molecule has 0 aliphatic heterocycles. The predicted octanol–water partition coefficient (Wildman–Crippen LogP) is 3.21. The van der Waals surface area contributed by atoms with Gasteiger partial charge in [-0.15, -0.1) is 0 Å². The highest BCUT2D eigenvalue weighted by molar-refractivity contribution is 6.12. The van der Waals surface area contributed by atoms with Gasteiger partial charge in [0.15, 0.2) is 0 Å². The quantitative estimate of drug-likeness (QED) is 0.0575. The third kappa shape index (κ3) is 12.7. The molecule has 0 atom stereocenters. The van der Waals surface area contributed by atoms with Crippen molar-refractivity contribution in [3.8, 4) is 0 Å². The number of carbonyl (C=O) groups excluding carboxylic acids is 5. The van der Waals surface area contributed by atoms with Crippen molar-refractivity contribution in [2.24, 2.45) is 0 Å². The maximum absolute atomic E-state index is 13.9. The molecule has 1 aromatic heterocycles. The van der Waals surface area contributed by atoms with Crippen LogP contribution in [0.1, 0.15) is 93.1 Å². The van der Waals surface area contributed by atoms with Gasteiger partial charge in [-0.05, 0) is 55.2 Å². The van der Waals surface area contributed by atoms with E-state index in [0.717, 1.165) is 12.1 Å². The largest absolute Gasteiger partial charge is 0.416 e. The van der Waals surface area contributed by atoms with Crippen molar-refractivity contribution in [1.82, 2.24) is 31.4 Å². The van der Waals surface area contributed by atoms with Gasteiger partial charge in [0, 0.05) is 50.1 Å². The molecule has 3 rings (SSSR count). The fourth-order valence-electron chi connectivity index (χ4n) is 4.76. The van der Waals surface area contributed by atoms with Gasteiger partial charge in [0.1, 0.15) is 17.5 Å². The number of halogens is 3. The molecule has 52 heavy (non-hydrogen) atoms. The summed E-state index contributed by atoms with van der Waals surface area (Å²) in [5, 5.41) is 30.7. The smallest absolute Gasteiger partial charge is 0.396 e. The summed E-state index contributed by atoms with van der Waals surface area (Å²) in [5.74, 6) is -3.52. The molecule has 0 spiro atoms. The van der Waals surface area contributed by atoms with Crippen LogP contribution in [0.25, 0.3) is 0 Å². The lowest BCUT2D eigenvalue weighted by atomic mass is 10.0. The monoisotopic (exact) mass is 730 g/mol. The fraction of sp³-hybridized carbons (Fsp3) is 0.382. The Bertz CT molecular complexity index is 1770. The first-order valence-electron chi connectivity index (χ1n) is 16.2. The van der Waals surface area contributed by atoms with Gasteiger partial charge in [-0.25, -0.2) is 15.4 Å². The molecule has 18 heteroatoms. The lowest BCUT2D eigenvalue weighted by Crippen LogP contribution is -2.28. The van der Waals surface area contributed by atoms with E-state index in [9.17, 15) is 37.1 Å². The predicted molar refractivity (Wildman–Crippen MR) is 182 cm³/mol. The van der Waals surface area contributed by atoms with Crippen LogP contribution in [0.2, 0.25) is 0 Å². The molecule has 0 saturated carbocycles. The summed E-state index contributed by atoms with van der Waals surface area (Å²) < 4.78 is 41.6. The zero-order valence-corrected chi connectivity index (χ0v) is 28.7. The number of benzene rings is 2. The van der Waals surface area contributed by atoms with Gasteiger partial charge < -0.3 is 31.7 Å².